The summed E-state index contributed by atoms with van der Waals surface area (Å²) in [5.41, 5.74) is 4.11. The van der Waals surface area contributed by atoms with Crippen molar-refractivity contribution in [2.45, 2.75) is 32.2 Å². The average Bonchev–Trinajstić information content (AvgIpc) is 3.19. The number of halogens is 2. The highest BCUT2D eigenvalue weighted by Gasteiger charge is 2.45. The summed E-state index contributed by atoms with van der Waals surface area (Å²) >= 11 is 0. The molecule has 8 heteroatoms. The van der Waals surface area contributed by atoms with Crippen molar-refractivity contribution in [3.8, 4) is 22.5 Å². The van der Waals surface area contributed by atoms with Gasteiger partial charge in [-0.05, 0) is 44.2 Å². The van der Waals surface area contributed by atoms with Crippen LogP contribution in [0.3, 0.4) is 0 Å². The van der Waals surface area contributed by atoms with E-state index in [-0.39, 0.29) is 5.82 Å². The number of hydrogen-bond donors (Lipinski definition) is 1. The molecule has 2 atom stereocenters. The molecule has 28 heavy (non-hydrogen) atoms. The minimum Gasteiger partial charge on any atom is -0.265 e. The maximum absolute atomic E-state index is 15.4. The van der Waals surface area contributed by atoms with Gasteiger partial charge in [-0.3, -0.25) is 14.8 Å². The number of aryl methyl sites for hydroxylation is 1. The van der Waals surface area contributed by atoms with Crippen LogP contribution in [-0.4, -0.2) is 29.9 Å². The van der Waals surface area contributed by atoms with E-state index in [1.807, 2.05) is 4.68 Å². The van der Waals surface area contributed by atoms with E-state index in [1.165, 1.54) is 12.3 Å². The summed E-state index contributed by atoms with van der Waals surface area (Å²) < 4.78 is 30.9. The van der Waals surface area contributed by atoms with E-state index in [0.717, 1.165) is 30.5 Å². The number of nitrogens with one attached hydrogen (secondary N) is 1. The molecule has 4 aromatic heterocycles. The van der Waals surface area contributed by atoms with Crippen LogP contribution in [0.2, 0.25) is 0 Å². The summed E-state index contributed by atoms with van der Waals surface area (Å²) in [5.74, 6) is -0.155. The molecule has 5 heterocycles. The van der Waals surface area contributed by atoms with Gasteiger partial charge in [0.15, 0.2) is 11.5 Å². The number of pyridine rings is 2. The number of aromatic amines is 1. The van der Waals surface area contributed by atoms with E-state index in [0.29, 0.717) is 45.6 Å². The van der Waals surface area contributed by atoms with E-state index in [2.05, 4.69) is 20.2 Å². The summed E-state index contributed by atoms with van der Waals surface area (Å²) in [6.07, 6.45) is 5.75. The van der Waals surface area contributed by atoms with Gasteiger partial charge in [0.2, 0.25) is 0 Å². The van der Waals surface area contributed by atoms with Crippen molar-refractivity contribution >= 4 is 11.0 Å². The molecule has 0 amide bonds. The number of fused-ring (bicyclic) bond motifs is 4. The van der Waals surface area contributed by atoms with Gasteiger partial charge in [-0.25, -0.2) is 13.8 Å². The molecule has 4 aromatic rings. The first kappa shape index (κ1) is 15.9. The zero-order valence-electron chi connectivity index (χ0n) is 15.1. The Morgan fingerprint density at radius 1 is 1.18 bits per heavy atom. The second kappa shape index (κ2) is 5.43. The van der Waals surface area contributed by atoms with Gasteiger partial charge in [0.05, 0.1) is 29.8 Å². The van der Waals surface area contributed by atoms with Crippen LogP contribution in [0.15, 0.2) is 24.5 Å². The summed E-state index contributed by atoms with van der Waals surface area (Å²) in [6, 6.07) is 3.31. The molecule has 140 valence electrons. The molecule has 1 aliphatic carbocycles. The molecule has 1 N–H and O–H groups in total. The van der Waals surface area contributed by atoms with E-state index in [4.69, 9.17) is 5.10 Å². The van der Waals surface area contributed by atoms with Crippen molar-refractivity contribution in [3.63, 3.8) is 0 Å². The smallest absolute Gasteiger partial charge is 0.156 e. The summed E-state index contributed by atoms with van der Waals surface area (Å²) in [5, 5.41) is 12.3. The van der Waals surface area contributed by atoms with Crippen LogP contribution in [0.4, 0.5) is 8.78 Å². The molecule has 0 unspecified atom stereocenters. The predicted molar refractivity (Wildman–Crippen MR) is 98.5 cm³/mol. The van der Waals surface area contributed by atoms with Crippen LogP contribution in [-0.2, 0) is 6.42 Å². The van der Waals surface area contributed by atoms with Crippen molar-refractivity contribution in [2.24, 2.45) is 5.92 Å². The topological polar surface area (TPSA) is 72.3 Å². The Kier molecular flexibility index (Phi) is 3.08. The normalized spacial score (nSPS) is 20.2. The molecule has 0 saturated heterocycles. The SMILES string of the molecule is Cc1nc2[nH]ncc2c(-c2c(-c3ccc(F)cn3)nn3c2CC[C@@H]2C[C@@H]23)c1F. The second-order valence-electron chi connectivity index (χ2n) is 7.60. The fourth-order valence-corrected chi connectivity index (χ4v) is 4.41. The molecule has 0 radical (unpaired) electrons. The van der Waals surface area contributed by atoms with Crippen LogP contribution in [0.25, 0.3) is 33.5 Å². The number of H-pyrrole nitrogens is 1. The van der Waals surface area contributed by atoms with E-state index >= 15 is 4.39 Å². The molecule has 0 bridgehead atoms. The Morgan fingerprint density at radius 3 is 2.89 bits per heavy atom. The first-order valence-electron chi connectivity index (χ1n) is 9.34. The van der Waals surface area contributed by atoms with E-state index in [9.17, 15) is 4.39 Å². The molecule has 6 nitrogen and oxygen atoms in total. The molecule has 1 aliphatic heterocycles. The van der Waals surface area contributed by atoms with Crippen LogP contribution in [0, 0.1) is 24.5 Å². The van der Waals surface area contributed by atoms with Crippen LogP contribution < -0.4 is 0 Å². The second-order valence-corrected chi connectivity index (χ2v) is 7.60. The number of hydrogen-bond acceptors (Lipinski definition) is 4. The molecule has 0 spiro atoms. The van der Waals surface area contributed by atoms with Crippen molar-refractivity contribution in [1.82, 2.24) is 29.9 Å². The van der Waals surface area contributed by atoms with Crippen LogP contribution in [0.1, 0.15) is 30.3 Å². The van der Waals surface area contributed by atoms with Gasteiger partial charge < -0.3 is 0 Å². The molecule has 2 aliphatic rings. The zero-order chi connectivity index (χ0) is 19.0. The van der Waals surface area contributed by atoms with Gasteiger partial charge in [0.1, 0.15) is 11.5 Å². The lowest BCUT2D eigenvalue weighted by atomic mass is 9.95. The quantitative estimate of drug-likeness (QED) is 0.573. The third kappa shape index (κ3) is 2.11. The Labute approximate surface area is 158 Å². The largest absolute Gasteiger partial charge is 0.265 e. The monoisotopic (exact) mass is 378 g/mol. The van der Waals surface area contributed by atoms with Gasteiger partial charge >= 0.3 is 0 Å². The van der Waals surface area contributed by atoms with Gasteiger partial charge in [0, 0.05) is 22.2 Å². The zero-order valence-corrected chi connectivity index (χ0v) is 15.1. The Morgan fingerprint density at radius 2 is 2.07 bits per heavy atom. The molecular formula is C20H16F2N6. The number of nitrogens with zero attached hydrogens (tertiary/aromatic N) is 5. The van der Waals surface area contributed by atoms with Crippen molar-refractivity contribution in [2.75, 3.05) is 0 Å². The maximum Gasteiger partial charge on any atom is 0.156 e. The Hall–Kier alpha value is -3.16. The average molecular weight is 378 g/mol. The third-order valence-electron chi connectivity index (χ3n) is 5.89. The van der Waals surface area contributed by atoms with Crippen molar-refractivity contribution in [3.05, 3.63) is 47.5 Å². The lowest BCUT2D eigenvalue weighted by molar-refractivity contribution is 0.494. The predicted octanol–water partition coefficient (Wildman–Crippen LogP) is 3.98. The number of aromatic nitrogens is 6. The minimum absolute atomic E-state index is 0.296. The lowest BCUT2D eigenvalue weighted by Gasteiger charge is -2.15. The number of rotatable bonds is 2. The first-order chi connectivity index (χ1) is 13.6. The maximum atomic E-state index is 15.4. The van der Waals surface area contributed by atoms with E-state index in [1.54, 1.807) is 19.2 Å². The highest BCUT2D eigenvalue weighted by Crippen LogP contribution is 2.53. The summed E-state index contributed by atoms with van der Waals surface area (Å²) in [7, 11) is 0. The van der Waals surface area contributed by atoms with Crippen molar-refractivity contribution in [1.29, 1.82) is 0 Å². The van der Waals surface area contributed by atoms with E-state index < -0.39 is 5.82 Å². The van der Waals surface area contributed by atoms with Crippen molar-refractivity contribution < 1.29 is 8.78 Å². The Balaban J connectivity index is 1.71. The van der Waals surface area contributed by atoms with Crippen LogP contribution in [0.5, 0.6) is 0 Å². The standard InChI is InChI=1S/C20H16F2N6/c1-9-18(22)16(12-8-24-26-20(12)25-9)17-14-5-2-10-6-15(10)28(14)27-19(17)13-4-3-11(21)7-23-13/h3-4,7-8,10,15H,2,5-6H2,1H3,(H,24,25,26)/t10-,15+/m1/s1. The van der Waals surface area contributed by atoms with Gasteiger partial charge in [0.25, 0.3) is 0 Å². The fraction of sp³-hybridized carbons (Fsp3) is 0.300. The fourth-order valence-electron chi connectivity index (χ4n) is 4.41. The molecule has 1 saturated carbocycles. The molecular weight excluding hydrogens is 362 g/mol. The molecule has 6 rings (SSSR count). The minimum atomic E-state index is -0.417. The van der Waals surface area contributed by atoms with Crippen LogP contribution >= 0.6 is 0 Å². The van der Waals surface area contributed by atoms with Gasteiger partial charge in [-0.1, -0.05) is 0 Å². The van der Waals surface area contributed by atoms with Gasteiger partial charge in [-0.2, -0.15) is 10.2 Å². The summed E-state index contributed by atoms with van der Waals surface area (Å²) in [6.45, 7) is 1.64. The lowest BCUT2D eigenvalue weighted by Crippen LogP contribution is -2.10. The highest BCUT2D eigenvalue weighted by molar-refractivity contribution is 5.97. The highest BCUT2D eigenvalue weighted by atomic mass is 19.1. The van der Waals surface area contributed by atoms with Gasteiger partial charge in [-0.15, -0.1) is 0 Å². The summed E-state index contributed by atoms with van der Waals surface area (Å²) in [4.78, 5) is 8.49. The molecule has 0 aromatic carbocycles. The molecule has 1 fully saturated rings. The Bertz CT molecular complexity index is 1240. The first-order valence-corrected chi connectivity index (χ1v) is 9.34. The third-order valence-corrected chi connectivity index (χ3v) is 5.89.